The van der Waals surface area contributed by atoms with E-state index < -0.39 is 0 Å². The lowest BCUT2D eigenvalue weighted by atomic mass is 9.94. The minimum absolute atomic E-state index is 0.00128. The summed E-state index contributed by atoms with van der Waals surface area (Å²) in [6.07, 6.45) is 3.59. The van der Waals surface area contributed by atoms with Crippen LogP contribution in [0, 0.1) is 6.92 Å². The molecule has 2 N–H and O–H groups in total. The van der Waals surface area contributed by atoms with E-state index in [-0.39, 0.29) is 12.1 Å². The Balaban J connectivity index is 2.59. The van der Waals surface area contributed by atoms with E-state index in [0.717, 1.165) is 25.1 Å². The van der Waals surface area contributed by atoms with Gasteiger partial charge in [0.2, 0.25) is 0 Å². The molecule has 0 aromatic carbocycles. The third kappa shape index (κ3) is 3.58. The summed E-state index contributed by atoms with van der Waals surface area (Å²) in [7, 11) is 0. The van der Waals surface area contributed by atoms with Crippen LogP contribution in [0.25, 0.3) is 0 Å². The van der Waals surface area contributed by atoms with Crippen LogP contribution in [-0.2, 0) is 6.54 Å². The first-order valence-corrected chi connectivity index (χ1v) is 5.87. The molecule has 1 atom stereocenters. The number of aliphatic hydroxyl groups is 1. The molecule has 0 saturated heterocycles. The van der Waals surface area contributed by atoms with Crippen molar-refractivity contribution >= 4 is 0 Å². The van der Waals surface area contributed by atoms with Crippen molar-refractivity contribution in [1.82, 2.24) is 10.3 Å². The number of aromatic nitrogens is 1. The van der Waals surface area contributed by atoms with Crippen molar-refractivity contribution in [3.05, 3.63) is 29.6 Å². The van der Waals surface area contributed by atoms with Gasteiger partial charge in [0, 0.05) is 24.9 Å². The van der Waals surface area contributed by atoms with Gasteiger partial charge in [-0.05, 0) is 38.3 Å². The number of pyridine rings is 1. The van der Waals surface area contributed by atoms with E-state index in [9.17, 15) is 0 Å². The molecule has 90 valence electrons. The smallest absolute Gasteiger partial charge is 0.0570 e. The van der Waals surface area contributed by atoms with Gasteiger partial charge in [-0.2, -0.15) is 0 Å². The second-order valence-electron chi connectivity index (χ2n) is 4.51. The van der Waals surface area contributed by atoms with E-state index in [4.69, 9.17) is 5.11 Å². The molecule has 0 aliphatic carbocycles. The molecule has 0 aliphatic rings. The topological polar surface area (TPSA) is 45.1 Å². The Bertz CT molecular complexity index is 327. The lowest BCUT2D eigenvalue weighted by molar-refractivity contribution is 0.214. The molecule has 1 unspecified atom stereocenters. The molecule has 1 aromatic heterocycles. The largest absolute Gasteiger partial charge is 0.396 e. The molecule has 1 aromatic rings. The average Bonchev–Trinajstić information content (AvgIpc) is 2.28. The highest BCUT2D eigenvalue weighted by Gasteiger charge is 2.20. The predicted octanol–water partition coefficient (Wildman–Crippen LogP) is 2.03. The van der Waals surface area contributed by atoms with Crippen molar-refractivity contribution in [3.8, 4) is 0 Å². The molecule has 3 nitrogen and oxygen atoms in total. The number of aryl methyl sites for hydroxylation is 1. The number of hydrogen-bond donors (Lipinski definition) is 2. The number of hydrogen-bond acceptors (Lipinski definition) is 3. The first-order chi connectivity index (χ1) is 7.61. The highest BCUT2D eigenvalue weighted by atomic mass is 16.3. The summed E-state index contributed by atoms with van der Waals surface area (Å²) in [5.41, 5.74) is 2.29. The highest BCUT2D eigenvalue weighted by Crippen LogP contribution is 2.15. The van der Waals surface area contributed by atoms with Crippen molar-refractivity contribution in [2.45, 2.75) is 45.7 Å². The lowest BCUT2D eigenvalue weighted by Crippen LogP contribution is -2.42. The second kappa shape index (κ2) is 5.97. The van der Waals surface area contributed by atoms with Crippen molar-refractivity contribution in [1.29, 1.82) is 0 Å². The van der Waals surface area contributed by atoms with Gasteiger partial charge in [0.05, 0.1) is 5.69 Å². The third-order valence-corrected chi connectivity index (χ3v) is 3.24. The number of aliphatic hydroxyl groups excluding tert-OH is 1. The molecule has 0 amide bonds. The van der Waals surface area contributed by atoms with Crippen LogP contribution in [0.2, 0.25) is 0 Å². The zero-order valence-electron chi connectivity index (χ0n) is 10.5. The standard InChI is InChI=1S/C13H22N2O/c1-4-13(3,7-9-16)15-10-12-11(2)6-5-8-14-12/h5-6,8,15-16H,4,7,9-10H2,1-3H3. The molecule has 0 saturated carbocycles. The molecule has 0 radical (unpaired) electrons. The molecule has 1 heterocycles. The minimum Gasteiger partial charge on any atom is -0.396 e. The summed E-state index contributed by atoms with van der Waals surface area (Å²) in [4.78, 5) is 4.35. The summed E-state index contributed by atoms with van der Waals surface area (Å²) in [6.45, 7) is 7.32. The summed E-state index contributed by atoms with van der Waals surface area (Å²) in [6, 6.07) is 4.02. The Morgan fingerprint density at radius 1 is 1.50 bits per heavy atom. The van der Waals surface area contributed by atoms with Crippen LogP contribution in [0.5, 0.6) is 0 Å². The zero-order valence-corrected chi connectivity index (χ0v) is 10.5. The maximum atomic E-state index is 9.03. The fraction of sp³-hybridized carbons (Fsp3) is 0.615. The predicted molar refractivity (Wildman–Crippen MR) is 66.2 cm³/mol. The first-order valence-electron chi connectivity index (χ1n) is 5.87. The van der Waals surface area contributed by atoms with Gasteiger partial charge in [-0.1, -0.05) is 13.0 Å². The molecule has 0 fully saturated rings. The molecule has 0 bridgehead atoms. The number of nitrogens with zero attached hydrogens (tertiary/aromatic N) is 1. The van der Waals surface area contributed by atoms with Gasteiger partial charge in [-0.25, -0.2) is 0 Å². The van der Waals surface area contributed by atoms with Gasteiger partial charge in [0.25, 0.3) is 0 Å². The van der Waals surface area contributed by atoms with Gasteiger partial charge < -0.3 is 10.4 Å². The first kappa shape index (κ1) is 13.1. The molecule has 1 rings (SSSR count). The highest BCUT2D eigenvalue weighted by molar-refractivity contribution is 5.17. The zero-order chi connectivity index (χ0) is 12.0. The maximum absolute atomic E-state index is 9.03. The molecular weight excluding hydrogens is 200 g/mol. The van der Waals surface area contributed by atoms with Crippen LogP contribution in [0.1, 0.15) is 37.9 Å². The van der Waals surface area contributed by atoms with E-state index in [0.29, 0.717) is 0 Å². The quantitative estimate of drug-likeness (QED) is 0.774. The Hall–Kier alpha value is -0.930. The van der Waals surface area contributed by atoms with Crippen LogP contribution in [0.15, 0.2) is 18.3 Å². The average molecular weight is 222 g/mol. The third-order valence-electron chi connectivity index (χ3n) is 3.24. The SMILES string of the molecule is CCC(C)(CCO)NCc1ncccc1C. The molecule has 16 heavy (non-hydrogen) atoms. The summed E-state index contributed by atoms with van der Waals surface area (Å²) < 4.78 is 0. The molecule has 0 aliphatic heterocycles. The summed E-state index contributed by atoms with van der Waals surface area (Å²) in [5, 5.41) is 12.5. The van der Waals surface area contributed by atoms with Crippen molar-refractivity contribution in [2.24, 2.45) is 0 Å². The van der Waals surface area contributed by atoms with Gasteiger partial charge in [0.1, 0.15) is 0 Å². The van der Waals surface area contributed by atoms with E-state index in [2.05, 4.69) is 37.1 Å². The Morgan fingerprint density at radius 3 is 2.81 bits per heavy atom. The molecule has 3 heteroatoms. The van der Waals surface area contributed by atoms with Crippen LogP contribution in [-0.4, -0.2) is 22.2 Å². The summed E-state index contributed by atoms with van der Waals surface area (Å²) in [5.74, 6) is 0. The van der Waals surface area contributed by atoms with Crippen LogP contribution >= 0.6 is 0 Å². The van der Waals surface area contributed by atoms with Gasteiger partial charge in [-0.15, -0.1) is 0 Å². The van der Waals surface area contributed by atoms with Gasteiger partial charge >= 0.3 is 0 Å². The van der Waals surface area contributed by atoms with Crippen molar-refractivity contribution in [2.75, 3.05) is 6.61 Å². The fourth-order valence-electron chi connectivity index (χ4n) is 1.64. The number of nitrogens with one attached hydrogen (secondary N) is 1. The van der Waals surface area contributed by atoms with Gasteiger partial charge in [0.15, 0.2) is 0 Å². The van der Waals surface area contributed by atoms with Gasteiger partial charge in [-0.3, -0.25) is 4.98 Å². The van der Waals surface area contributed by atoms with Crippen LogP contribution in [0.4, 0.5) is 0 Å². The van der Waals surface area contributed by atoms with Crippen molar-refractivity contribution < 1.29 is 5.11 Å². The maximum Gasteiger partial charge on any atom is 0.0570 e. The molecular formula is C13H22N2O. The second-order valence-corrected chi connectivity index (χ2v) is 4.51. The van der Waals surface area contributed by atoms with E-state index >= 15 is 0 Å². The van der Waals surface area contributed by atoms with E-state index in [1.807, 2.05) is 12.3 Å². The fourth-order valence-corrected chi connectivity index (χ4v) is 1.64. The Morgan fingerprint density at radius 2 is 2.25 bits per heavy atom. The minimum atomic E-state index is -0.00128. The normalized spacial score (nSPS) is 14.8. The Kier molecular flexibility index (Phi) is 4.90. The van der Waals surface area contributed by atoms with Crippen LogP contribution in [0.3, 0.4) is 0 Å². The monoisotopic (exact) mass is 222 g/mol. The lowest BCUT2D eigenvalue weighted by Gasteiger charge is -2.29. The Labute approximate surface area is 97.9 Å². The van der Waals surface area contributed by atoms with Crippen LogP contribution < -0.4 is 5.32 Å². The number of rotatable bonds is 6. The van der Waals surface area contributed by atoms with E-state index in [1.165, 1.54) is 5.56 Å². The van der Waals surface area contributed by atoms with Crippen molar-refractivity contribution in [3.63, 3.8) is 0 Å². The molecule has 0 spiro atoms. The summed E-state index contributed by atoms with van der Waals surface area (Å²) >= 11 is 0. The van der Waals surface area contributed by atoms with E-state index in [1.54, 1.807) is 0 Å².